The summed E-state index contributed by atoms with van der Waals surface area (Å²) >= 11 is 4.95. The predicted octanol–water partition coefficient (Wildman–Crippen LogP) is 2.70. The monoisotopic (exact) mass is 211 g/mol. The van der Waals surface area contributed by atoms with Gasteiger partial charge in [-0.2, -0.15) is 0 Å². The van der Waals surface area contributed by atoms with Crippen LogP contribution in [0.3, 0.4) is 0 Å². The molecule has 14 heavy (non-hydrogen) atoms. The molecule has 0 unspecified atom stereocenters. The van der Waals surface area contributed by atoms with Crippen LogP contribution in [0.4, 0.5) is 0 Å². The van der Waals surface area contributed by atoms with Gasteiger partial charge in [-0.1, -0.05) is 25.6 Å². The van der Waals surface area contributed by atoms with Crippen molar-refractivity contribution in [1.82, 2.24) is 4.98 Å². The molecule has 3 nitrogen and oxygen atoms in total. The number of aromatic amines is 1. The molecule has 0 radical (unpaired) electrons. The second-order valence-electron chi connectivity index (χ2n) is 2.90. The fourth-order valence-corrected chi connectivity index (χ4v) is 1.19. The highest BCUT2D eigenvalue weighted by atomic mass is 32.1. The van der Waals surface area contributed by atoms with Crippen LogP contribution in [0.25, 0.3) is 0 Å². The van der Waals surface area contributed by atoms with Crippen LogP contribution in [-0.4, -0.2) is 17.6 Å². The number of ether oxygens (including phenoxy) is 1. The summed E-state index contributed by atoms with van der Waals surface area (Å²) in [5, 5.41) is 0. The Kier molecular flexibility index (Phi) is 4.32. The summed E-state index contributed by atoms with van der Waals surface area (Å²) < 4.78 is 5.45. The van der Waals surface area contributed by atoms with Crippen molar-refractivity contribution in [2.45, 2.75) is 19.8 Å². The van der Waals surface area contributed by atoms with Crippen molar-refractivity contribution in [3.63, 3.8) is 0 Å². The van der Waals surface area contributed by atoms with E-state index in [1.807, 2.05) is 6.92 Å². The lowest BCUT2D eigenvalue weighted by molar-refractivity contribution is 0.0498. The third-order valence-electron chi connectivity index (χ3n) is 1.77. The Hall–Kier alpha value is -1.16. The van der Waals surface area contributed by atoms with Gasteiger partial charge in [-0.15, -0.1) is 0 Å². The summed E-state index contributed by atoms with van der Waals surface area (Å²) in [5.41, 5.74) is 0.429. The second-order valence-corrected chi connectivity index (χ2v) is 3.31. The second kappa shape index (κ2) is 5.54. The molecular weight excluding hydrogens is 198 g/mol. The van der Waals surface area contributed by atoms with Crippen LogP contribution in [0.15, 0.2) is 18.3 Å². The smallest absolute Gasteiger partial charge is 0.341 e. The molecule has 0 aliphatic rings. The standard InChI is InChI=1S/C10H13NO2S/c1-2-3-7-13-10(12)8-5-4-6-11-9(8)14/h4-6H,2-3,7H2,1H3,(H,11,14). The highest BCUT2D eigenvalue weighted by molar-refractivity contribution is 7.71. The fraction of sp³-hybridized carbons (Fsp3) is 0.400. The lowest BCUT2D eigenvalue weighted by Crippen LogP contribution is -2.07. The molecule has 1 rings (SSSR count). The lowest BCUT2D eigenvalue weighted by atomic mass is 10.3. The largest absolute Gasteiger partial charge is 0.462 e. The lowest BCUT2D eigenvalue weighted by Gasteiger charge is -2.02. The number of carbonyl (C=O) groups is 1. The Morgan fingerprint density at radius 3 is 3.07 bits per heavy atom. The van der Waals surface area contributed by atoms with Crippen LogP contribution in [-0.2, 0) is 4.74 Å². The average molecular weight is 211 g/mol. The molecule has 0 aliphatic carbocycles. The zero-order valence-corrected chi connectivity index (χ0v) is 8.89. The van der Waals surface area contributed by atoms with Crippen LogP contribution < -0.4 is 0 Å². The number of H-pyrrole nitrogens is 1. The maximum atomic E-state index is 11.4. The minimum Gasteiger partial charge on any atom is -0.462 e. The molecule has 0 aliphatic heterocycles. The van der Waals surface area contributed by atoms with Crippen molar-refractivity contribution in [3.8, 4) is 0 Å². The van der Waals surface area contributed by atoms with Crippen LogP contribution in [0.1, 0.15) is 30.1 Å². The van der Waals surface area contributed by atoms with Crippen molar-refractivity contribution in [1.29, 1.82) is 0 Å². The number of rotatable bonds is 4. The molecule has 1 aromatic rings. The zero-order chi connectivity index (χ0) is 10.4. The maximum Gasteiger partial charge on any atom is 0.341 e. The summed E-state index contributed by atoms with van der Waals surface area (Å²) in [6.45, 7) is 2.50. The van der Waals surface area contributed by atoms with Gasteiger partial charge < -0.3 is 9.72 Å². The number of nitrogens with one attached hydrogen (secondary N) is 1. The van der Waals surface area contributed by atoms with Gasteiger partial charge in [0.1, 0.15) is 4.64 Å². The van der Waals surface area contributed by atoms with Crippen LogP contribution in [0.5, 0.6) is 0 Å². The average Bonchev–Trinajstić information content (AvgIpc) is 2.18. The Balaban J connectivity index is 2.61. The molecule has 1 aromatic heterocycles. The molecule has 0 spiro atoms. The van der Waals surface area contributed by atoms with Crippen LogP contribution >= 0.6 is 12.2 Å². The number of unbranched alkanes of at least 4 members (excludes halogenated alkanes) is 1. The molecule has 0 aromatic carbocycles. The maximum absolute atomic E-state index is 11.4. The number of pyridine rings is 1. The molecule has 0 saturated heterocycles. The number of hydrogen-bond acceptors (Lipinski definition) is 3. The van der Waals surface area contributed by atoms with E-state index in [4.69, 9.17) is 17.0 Å². The number of hydrogen-bond donors (Lipinski definition) is 1. The van der Waals surface area contributed by atoms with Gasteiger partial charge in [0.05, 0.1) is 12.2 Å². The highest BCUT2D eigenvalue weighted by Crippen LogP contribution is 2.02. The SMILES string of the molecule is CCCCOC(=O)c1ccc[nH]c1=S. The summed E-state index contributed by atoms with van der Waals surface area (Å²) in [5.74, 6) is -0.347. The summed E-state index contributed by atoms with van der Waals surface area (Å²) in [7, 11) is 0. The minimum atomic E-state index is -0.347. The van der Waals surface area contributed by atoms with Crippen LogP contribution in [0, 0.1) is 4.64 Å². The molecule has 4 heteroatoms. The first-order chi connectivity index (χ1) is 6.75. The fourth-order valence-electron chi connectivity index (χ4n) is 0.969. The Morgan fingerprint density at radius 1 is 1.64 bits per heavy atom. The van der Waals surface area contributed by atoms with E-state index in [1.165, 1.54) is 0 Å². The highest BCUT2D eigenvalue weighted by Gasteiger charge is 2.07. The summed E-state index contributed by atoms with van der Waals surface area (Å²) in [6.07, 6.45) is 3.58. The van der Waals surface area contributed by atoms with Gasteiger partial charge in [0.25, 0.3) is 0 Å². The quantitative estimate of drug-likeness (QED) is 0.473. The van der Waals surface area contributed by atoms with Crippen molar-refractivity contribution in [2.75, 3.05) is 6.61 Å². The molecule has 76 valence electrons. The minimum absolute atomic E-state index is 0.347. The number of aromatic nitrogens is 1. The molecule has 0 fully saturated rings. The van der Waals surface area contributed by atoms with E-state index in [0.29, 0.717) is 16.8 Å². The topological polar surface area (TPSA) is 42.1 Å². The van der Waals surface area contributed by atoms with E-state index in [1.54, 1.807) is 18.3 Å². The third kappa shape index (κ3) is 2.96. The Morgan fingerprint density at radius 2 is 2.43 bits per heavy atom. The molecule has 0 bridgehead atoms. The molecule has 1 N–H and O–H groups in total. The van der Waals surface area contributed by atoms with Gasteiger partial charge in [0, 0.05) is 6.20 Å². The van der Waals surface area contributed by atoms with Crippen LogP contribution in [0.2, 0.25) is 0 Å². The van der Waals surface area contributed by atoms with Gasteiger partial charge in [0.2, 0.25) is 0 Å². The molecule has 0 atom stereocenters. The van der Waals surface area contributed by atoms with E-state index in [-0.39, 0.29) is 5.97 Å². The predicted molar refractivity (Wildman–Crippen MR) is 56.8 cm³/mol. The Labute approximate surface area is 88.1 Å². The number of esters is 1. The van der Waals surface area contributed by atoms with E-state index in [9.17, 15) is 4.79 Å². The zero-order valence-electron chi connectivity index (χ0n) is 8.08. The first-order valence-electron chi connectivity index (χ1n) is 4.60. The van der Waals surface area contributed by atoms with Crippen molar-refractivity contribution in [3.05, 3.63) is 28.5 Å². The first kappa shape index (κ1) is 10.9. The molecule has 0 saturated carbocycles. The van der Waals surface area contributed by atoms with Gasteiger partial charge >= 0.3 is 5.97 Å². The molecule has 0 amide bonds. The van der Waals surface area contributed by atoms with Gasteiger partial charge in [0.15, 0.2) is 0 Å². The van der Waals surface area contributed by atoms with E-state index >= 15 is 0 Å². The van der Waals surface area contributed by atoms with Gasteiger partial charge in [-0.05, 0) is 18.6 Å². The van der Waals surface area contributed by atoms with Gasteiger partial charge in [-0.25, -0.2) is 4.79 Å². The molecule has 1 heterocycles. The van der Waals surface area contributed by atoms with E-state index < -0.39 is 0 Å². The molecular formula is C10H13NO2S. The van der Waals surface area contributed by atoms with Crippen molar-refractivity contribution < 1.29 is 9.53 Å². The summed E-state index contributed by atoms with van der Waals surface area (Å²) in [6, 6.07) is 3.39. The van der Waals surface area contributed by atoms with Crippen molar-refractivity contribution >= 4 is 18.2 Å². The van der Waals surface area contributed by atoms with Gasteiger partial charge in [-0.3, -0.25) is 0 Å². The first-order valence-corrected chi connectivity index (χ1v) is 5.01. The summed E-state index contributed by atoms with van der Waals surface area (Å²) in [4.78, 5) is 14.2. The van der Waals surface area contributed by atoms with Crippen molar-refractivity contribution in [2.24, 2.45) is 0 Å². The third-order valence-corrected chi connectivity index (χ3v) is 2.11. The van der Waals surface area contributed by atoms with E-state index in [0.717, 1.165) is 12.8 Å². The number of carbonyl (C=O) groups excluding carboxylic acids is 1. The van der Waals surface area contributed by atoms with E-state index in [2.05, 4.69) is 4.98 Å². The Bertz CT molecular complexity index is 359. The normalized spacial score (nSPS) is 9.79.